The van der Waals surface area contributed by atoms with E-state index in [2.05, 4.69) is 6.92 Å². The molecule has 0 aromatic heterocycles. The summed E-state index contributed by atoms with van der Waals surface area (Å²) in [6.45, 7) is 2.31. The van der Waals surface area contributed by atoms with Gasteiger partial charge in [-0.05, 0) is 37.0 Å². The monoisotopic (exact) mass is 224 g/mol. The summed E-state index contributed by atoms with van der Waals surface area (Å²) >= 11 is 0. The first-order chi connectivity index (χ1) is 7.81. The average Bonchev–Trinajstić information content (AvgIpc) is 2.58. The summed E-state index contributed by atoms with van der Waals surface area (Å²) in [4.78, 5) is 0. The molecule has 1 heteroatoms. The van der Waals surface area contributed by atoms with Crippen LogP contribution >= 0.6 is 0 Å². The number of hydrogen-bond acceptors (Lipinski definition) is 1. The van der Waals surface area contributed by atoms with E-state index in [0.29, 0.717) is 5.92 Å². The van der Waals surface area contributed by atoms with Crippen LogP contribution in [0.25, 0.3) is 0 Å². The van der Waals surface area contributed by atoms with Crippen LogP contribution in [0.15, 0.2) is 0 Å². The highest BCUT2D eigenvalue weighted by atomic mass is 16.3. The lowest BCUT2D eigenvalue weighted by Crippen LogP contribution is -2.34. The average molecular weight is 224 g/mol. The maximum absolute atomic E-state index is 10.2. The van der Waals surface area contributed by atoms with E-state index in [1.807, 2.05) is 0 Å². The molecule has 1 N–H and O–H groups in total. The Hall–Kier alpha value is -0.0400. The molecule has 0 aromatic rings. The molecule has 0 amide bonds. The molecular weight excluding hydrogens is 196 g/mol. The summed E-state index contributed by atoms with van der Waals surface area (Å²) in [7, 11) is 0. The lowest BCUT2D eigenvalue weighted by atomic mass is 9.70. The number of rotatable bonds is 2. The lowest BCUT2D eigenvalue weighted by molar-refractivity contribution is 0.0119. The predicted molar refractivity (Wildman–Crippen MR) is 68.3 cm³/mol. The minimum atomic E-state index is 0.0194. The van der Waals surface area contributed by atoms with Gasteiger partial charge in [0, 0.05) is 0 Å². The SMILES string of the molecule is CCC1CCC(O)C(C2CCCCCC2)C1. The van der Waals surface area contributed by atoms with Crippen molar-refractivity contribution in [2.45, 2.75) is 77.2 Å². The molecule has 0 aromatic carbocycles. The van der Waals surface area contributed by atoms with Crippen LogP contribution in [0, 0.1) is 17.8 Å². The fraction of sp³-hybridized carbons (Fsp3) is 1.00. The van der Waals surface area contributed by atoms with Crippen molar-refractivity contribution in [3.8, 4) is 0 Å². The lowest BCUT2D eigenvalue weighted by Gasteiger charge is -2.37. The molecule has 3 unspecified atom stereocenters. The van der Waals surface area contributed by atoms with Gasteiger partial charge in [-0.25, -0.2) is 0 Å². The van der Waals surface area contributed by atoms with Crippen LogP contribution in [0.4, 0.5) is 0 Å². The molecule has 1 nitrogen and oxygen atoms in total. The molecule has 0 saturated heterocycles. The Labute approximate surface area is 101 Å². The van der Waals surface area contributed by atoms with Crippen molar-refractivity contribution in [1.82, 2.24) is 0 Å². The quantitative estimate of drug-likeness (QED) is 0.699. The standard InChI is InChI=1S/C15H28O/c1-2-12-9-10-15(16)14(11-12)13-7-5-3-4-6-8-13/h12-16H,2-11H2,1H3. The van der Waals surface area contributed by atoms with E-state index in [1.165, 1.54) is 57.8 Å². The molecule has 2 saturated carbocycles. The first-order valence-corrected chi connectivity index (χ1v) is 7.49. The third kappa shape index (κ3) is 3.00. The topological polar surface area (TPSA) is 20.2 Å². The molecule has 3 atom stereocenters. The van der Waals surface area contributed by atoms with Crippen molar-refractivity contribution in [2.24, 2.45) is 17.8 Å². The van der Waals surface area contributed by atoms with Gasteiger partial charge in [0.1, 0.15) is 0 Å². The summed E-state index contributed by atoms with van der Waals surface area (Å²) in [5.41, 5.74) is 0. The van der Waals surface area contributed by atoms with Crippen molar-refractivity contribution in [1.29, 1.82) is 0 Å². The van der Waals surface area contributed by atoms with E-state index in [-0.39, 0.29) is 6.10 Å². The molecule has 94 valence electrons. The third-order valence-electron chi connectivity index (χ3n) is 5.05. The zero-order chi connectivity index (χ0) is 11.4. The summed E-state index contributed by atoms with van der Waals surface area (Å²) < 4.78 is 0. The van der Waals surface area contributed by atoms with Crippen molar-refractivity contribution < 1.29 is 5.11 Å². The molecule has 2 aliphatic rings. The van der Waals surface area contributed by atoms with Gasteiger partial charge in [-0.1, -0.05) is 51.9 Å². The van der Waals surface area contributed by atoms with Crippen LogP contribution < -0.4 is 0 Å². The van der Waals surface area contributed by atoms with Gasteiger partial charge in [0.2, 0.25) is 0 Å². The maximum Gasteiger partial charge on any atom is 0.0571 e. The van der Waals surface area contributed by atoms with Crippen molar-refractivity contribution >= 4 is 0 Å². The van der Waals surface area contributed by atoms with Crippen LogP contribution in [0.3, 0.4) is 0 Å². The molecule has 0 radical (unpaired) electrons. The fourth-order valence-electron chi connectivity index (χ4n) is 3.90. The minimum Gasteiger partial charge on any atom is -0.393 e. The Bertz CT molecular complexity index is 194. The second kappa shape index (κ2) is 6.05. The van der Waals surface area contributed by atoms with Gasteiger partial charge in [-0.2, -0.15) is 0 Å². The van der Waals surface area contributed by atoms with Crippen LogP contribution in [-0.4, -0.2) is 11.2 Å². The zero-order valence-corrected chi connectivity index (χ0v) is 10.8. The molecule has 2 rings (SSSR count). The fourth-order valence-corrected chi connectivity index (χ4v) is 3.90. The molecule has 16 heavy (non-hydrogen) atoms. The summed E-state index contributed by atoms with van der Waals surface area (Å²) in [6.07, 6.45) is 13.4. The maximum atomic E-state index is 10.2. The molecule has 0 bridgehead atoms. The van der Waals surface area contributed by atoms with Gasteiger partial charge in [0.25, 0.3) is 0 Å². The smallest absolute Gasteiger partial charge is 0.0571 e. The summed E-state index contributed by atoms with van der Waals surface area (Å²) in [5.74, 6) is 2.38. The number of aliphatic hydroxyl groups is 1. The first-order valence-electron chi connectivity index (χ1n) is 7.49. The summed E-state index contributed by atoms with van der Waals surface area (Å²) in [5, 5.41) is 10.2. The van der Waals surface area contributed by atoms with Gasteiger partial charge < -0.3 is 5.11 Å². The highest BCUT2D eigenvalue weighted by Crippen LogP contribution is 2.40. The van der Waals surface area contributed by atoms with E-state index in [9.17, 15) is 5.11 Å². The normalized spacial score (nSPS) is 38.2. The molecule has 0 spiro atoms. The number of aliphatic hydroxyl groups excluding tert-OH is 1. The van der Waals surface area contributed by atoms with Gasteiger partial charge in [0.15, 0.2) is 0 Å². The van der Waals surface area contributed by atoms with Crippen LogP contribution in [-0.2, 0) is 0 Å². The zero-order valence-electron chi connectivity index (χ0n) is 10.8. The predicted octanol–water partition coefficient (Wildman–Crippen LogP) is 4.14. The summed E-state index contributed by atoms with van der Waals surface area (Å²) in [6, 6.07) is 0. The highest BCUT2D eigenvalue weighted by molar-refractivity contribution is 4.84. The highest BCUT2D eigenvalue weighted by Gasteiger charge is 2.33. The van der Waals surface area contributed by atoms with E-state index in [1.54, 1.807) is 0 Å². The molecule has 0 aliphatic heterocycles. The Kier molecular flexibility index (Phi) is 4.69. The molecule has 2 fully saturated rings. The molecule has 0 heterocycles. The van der Waals surface area contributed by atoms with Crippen LogP contribution in [0.2, 0.25) is 0 Å². The molecule has 2 aliphatic carbocycles. The second-order valence-electron chi connectivity index (χ2n) is 6.07. The van der Waals surface area contributed by atoms with Crippen LogP contribution in [0.5, 0.6) is 0 Å². The van der Waals surface area contributed by atoms with E-state index < -0.39 is 0 Å². The second-order valence-corrected chi connectivity index (χ2v) is 6.07. The van der Waals surface area contributed by atoms with Crippen LogP contribution in [0.1, 0.15) is 71.1 Å². The van der Waals surface area contributed by atoms with Gasteiger partial charge in [-0.3, -0.25) is 0 Å². The molecular formula is C15H28O. The third-order valence-corrected chi connectivity index (χ3v) is 5.05. The van der Waals surface area contributed by atoms with E-state index in [4.69, 9.17) is 0 Å². The number of hydrogen-bond donors (Lipinski definition) is 1. The van der Waals surface area contributed by atoms with E-state index in [0.717, 1.165) is 18.3 Å². The van der Waals surface area contributed by atoms with Crippen molar-refractivity contribution in [2.75, 3.05) is 0 Å². The van der Waals surface area contributed by atoms with Crippen molar-refractivity contribution in [3.63, 3.8) is 0 Å². The Morgan fingerprint density at radius 1 is 0.938 bits per heavy atom. The Morgan fingerprint density at radius 3 is 2.25 bits per heavy atom. The van der Waals surface area contributed by atoms with E-state index >= 15 is 0 Å². The van der Waals surface area contributed by atoms with Gasteiger partial charge >= 0.3 is 0 Å². The van der Waals surface area contributed by atoms with Gasteiger partial charge in [0.05, 0.1) is 6.10 Å². The van der Waals surface area contributed by atoms with Gasteiger partial charge in [-0.15, -0.1) is 0 Å². The largest absolute Gasteiger partial charge is 0.393 e. The Morgan fingerprint density at radius 2 is 1.62 bits per heavy atom. The first kappa shape index (κ1) is 12.4. The Balaban J connectivity index is 1.93. The van der Waals surface area contributed by atoms with Crippen molar-refractivity contribution in [3.05, 3.63) is 0 Å². The minimum absolute atomic E-state index is 0.0194.